The largest absolute Gasteiger partial charge is 0.495 e. The molecule has 0 aliphatic carbocycles. The van der Waals surface area contributed by atoms with Crippen LogP contribution in [0.1, 0.15) is 25.8 Å². The van der Waals surface area contributed by atoms with Crippen molar-refractivity contribution in [2.45, 2.75) is 36.8 Å². The van der Waals surface area contributed by atoms with E-state index in [1.54, 1.807) is 35.2 Å². The predicted octanol–water partition coefficient (Wildman–Crippen LogP) is 3.45. The topological polar surface area (TPSA) is 92.8 Å². The number of anilines is 2. The van der Waals surface area contributed by atoms with Crippen LogP contribution in [0.15, 0.2) is 41.3 Å². The van der Waals surface area contributed by atoms with E-state index in [0.29, 0.717) is 29.4 Å². The van der Waals surface area contributed by atoms with Gasteiger partial charge in [-0.3, -0.25) is 9.59 Å². The second kappa shape index (κ2) is 8.65. The van der Waals surface area contributed by atoms with E-state index < -0.39 is 21.0 Å². The van der Waals surface area contributed by atoms with Crippen molar-refractivity contribution in [1.29, 1.82) is 0 Å². The van der Waals surface area contributed by atoms with Crippen LogP contribution in [0.2, 0.25) is 5.02 Å². The molecule has 0 saturated heterocycles. The van der Waals surface area contributed by atoms with Gasteiger partial charge >= 0.3 is 0 Å². The summed E-state index contributed by atoms with van der Waals surface area (Å²) in [5.41, 5.74) is 2.01. The molecule has 1 atom stereocenters. The maximum absolute atomic E-state index is 13.0. The van der Waals surface area contributed by atoms with Gasteiger partial charge in [-0.15, -0.1) is 0 Å². The first kappa shape index (κ1) is 22.1. The van der Waals surface area contributed by atoms with E-state index in [9.17, 15) is 18.0 Å². The van der Waals surface area contributed by atoms with E-state index >= 15 is 0 Å². The second-order valence-electron chi connectivity index (χ2n) is 7.17. The number of benzene rings is 2. The van der Waals surface area contributed by atoms with E-state index in [-0.39, 0.29) is 17.2 Å². The van der Waals surface area contributed by atoms with E-state index in [1.165, 1.54) is 27.0 Å². The fourth-order valence-corrected chi connectivity index (χ4v) is 5.10. The molecule has 0 spiro atoms. The highest BCUT2D eigenvalue weighted by Crippen LogP contribution is 2.32. The van der Waals surface area contributed by atoms with Gasteiger partial charge in [0.15, 0.2) is 9.84 Å². The monoisotopic (exact) mass is 450 g/mol. The molecular weight excluding hydrogens is 428 g/mol. The van der Waals surface area contributed by atoms with Crippen LogP contribution in [-0.2, 0) is 25.8 Å². The third kappa shape index (κ3) is 4.44. The average molecular weight is 451 g/mol. The number of ether oxygens (including phenoxy) is 1. The lowest BCUT2D eigenvalue weighted by molar-refractivity contribution is -0.117. The van der Waals surface area contributed by atoms with Gasteiger partial charge in [0.25, 0.3) is 0 Å². The van der Waals surface area contributed by atoms with Crippen molar-refractivity contribution in [3.8, 4) is 5.75 Å². The minimum Gasteiger partial charge on any atom is -0.495 e. The fraction of sp³-hybridized carbons (Fsp3) is 0.333. The number of nitrogens with zero attached hydrogens (tertiary/aromatic N) is 1. The van der Waals surface area contributed by atoms with Crippen LogP contribution in [0.3, 0.4) is 0 Å². The number of sulfone groups is 1. The van der Waals surface area contributed by atoms with Crippen LogP contribution in [0.5, 0.6) is 5.75 Å². The number of rotatable bonds is 6. The summed E-state index contributed by atoms with van der Waals surface area (Å²) in [4.78, 5) is 25.8. The number of hydrogen-bond donors (Lipinski definition) is 1. The van der Waals surface area contributed by atoms with Crippen molar-refractivity contribution in [1.82, 2.24) is 0 Å². The third-order valence-electron chi connectivity index (χ3n) is 5.09. The van der Waals surface area contributed by atoms with Gasteiger partial charge in [-0.25, -0.2) is 8.42 Å². The standard InChI is InChI=1S/C21H23ClN2O5S/c1-13(10-21(26)23-16-4-7-20(29-3)18(22)12-16)30(27,28)17-5-6-19-15(11-17)8-9-24(19)14(2)25/h4-7,11-13H,8-10H2,1-3H3,(H,23,26). The van der Waals surface area contributed by atoms with Crippen molar-refractivity contribution < 1.29 is 22.7 Å². The number of methoxy groups -OCH3 is 1. The number of hydrogen-bond acceptors (Lipinski definition) is 5. The number of carbonyl (C=O) groups excluding carboxylic acids is 2. The molecule has 160 valence electrons. The molecule has 3 rings (SSSR count). The molecule has 2 amide bonds. The fourth-order valence-electron chi connectivity index (χ4n) is 3.44. The van der Waals surface area contributed by atoms with Crippen molar-refractivity contribution in [2.24, 2.45) is 0 Å². The first-order valence-corrected chi connectivity index (χ1v) is 11.3. The zero-order valence-electron chi connectivity index (χ0n) is 16.9. The minimum absolute atomic E-state index is 0.0759. The lowest BCUT2D eigenvalue weighted by atomic mass is 10.2. The molecule has 30 heavy (non-hydrogen) atoms. The maximum Gasteiger partial charge on any atom is 0.225 e. The Labute approximate surface area is 180 Å². The predicted molar refractivity (Wildman–Crippen MR) is 116 cm³/mol. The number of amides is 2. The van der Waals surface area contributed by atoms with Gasteiger partial charge in [0.05, 0.1) is 22.3 Å². The summed E-state index contributed by atoms with van der Waals surface area (Å²) in [6.45, 7) is 3.53. The molecule has 0 bridgehead atoms. The number of nitrogens with one attached hydrogen (secondary N) is 1. The number of halogens is 1. The van der Waals surface area contributed by atoms with Gasteiger partial charge in [-0.1, -0.05) is 11.6 Å². The van der Waals surface area contributed by atoms with E-state index in [0.717, 1.165) is 11.3 Å². The summed E-state index contributed by atoms with van der Waals surface area (Å²) in [6, 6.07) is 9.54. The molecule has 7 nitrogen and oxygen atoms in total. The van der Waals surface area contributed by atoms with Crippen LogP contribution < -0.4 is 15.0 Å². The highest BCUT2D eigenvalue weighted by atomic mass is 35.5. The molecule has 1 heterocycles. The quantitative estimate of drug-likeness (QED) is 0.727. The lowest BCUT2D eigenvalue weighted by Crippen LogP contribution is -2.26. The molecule has 1 N–H and O–H groups in total. The average Bonchev–Trinajstić information content (AvgIpc) is 3.11. The van der Waals surface area contributed by atoms with Crippen LogP contribution in [0, 0.1) is 0 Å². The first-order valence-electron chi connectivity index (χ1n) is 9.41. The number of fused-ring (bicyclic) bond motifs is 1. The molecule has 0 saturated carbocycles. The Bertz CT molecular complexity index is 1100. The molecule has 1 aliphatic rings. The highest BCUT2D eigenvalue weighted by molar-refractivity contribution is 7.92. The Kier molecular flexibility index (Phi) is 6.38. The van der Waals surface area contributed by atoms with Gasteiger partial charge in [-0.2, -0.15) is 0 Å². The first-order chi connectivity index (χ1) is 14.1. The van der Waals surface area contributed by atoms with Crippen molar-refractivity contribution in [3.05, 3.63) is 47.0 Å². The summed E-state index contributed by atoms with van der Waals surface area (Å²) in [7, 11) is -2.23. The van der Waals surface area contributed by atoms with Gasteiger partial charge in [0, 0.05) is 31.3 Å². The Morgan fingerprint density at radius 2 is 1.97 bits per heavy atom. The van der Waals surface area contributed by atoms with Gasteiger partial charge in [0.1, 0.15) is 5.75 Å². The minimum atomic E-state index is -3.71. The molecule has 2 aromatic carbocycles. The smallest absolute Gasteiger partial charge is 0.225 e. The Morgan fingerprint density at radius 1 is 1.23 bits per heavy atom. The van der Waals surface area contributed by atoms with E-state index in [1.807, 2.05) is 0 Å². The Hall–Kier alpha value is -2.58. The molecule has 1 unspecified atom stereocenters. The summed E-state index contributed by atoms with van der Waals surface area (Å²) in [6.07, 6.45) is 0.397. The molecule has 0 fully saturated rings. The Morgan fingerprint density at radius 3 is 2.60 bits per heavy atom. The molecule has 0 radical (unpaired) electrons. The summed E-state index contributed by atoms with van der Waals surface area (Å²) < 4.78 is 31.0. The van der Waals surface area contributed by atoms with Gasteiger partial charge in [0.2, 0.25) is 11.8 Å². The molecule has 0 aromatic heterocycles. The van der Waals surface area contributed by atoms with Crippen molar-refractivity contribution in [2.75, 3.05) is 23.9 Å². The number of carbonyl (C=O) groups is 2. The zero-order valence-corrected chi connectivity index (χ0v) is 18.5. The van der Waals surface area contributed by atoms with Crippen LogP contribution >= 0.6 is 11.6 Å². The van der Waals surface area contributed by atoms with Gasteiger partial charge in [-0.05, 0) is 55.3 Å². The summed E-state index contributed by atoms with van der Waals surface area (Å²) in [5, 5.41) is 2.08. The summed E-state index contributed by atoms with van der Waals surface area (Å²) in [5.74, 6) is -0.0326. The normalized spacial score (nSPS) is 14.2. The van der Waals surface area contributed by atoms with Crippen LogP contribution in [0.25, 0.3) is 0 Å². The summed E-state index contributed by atoms with van der Waals surface area (Å²) >= 11 is 6.05. The van der Waals surface area contributed by atoms with Gasteiger partial charge < -0.3 is 15.0 Å². The zero-order chi connectivity index (χ0) is 22.1. The van der Waals surface area contributed by atoms with E-state index in [2.05, 4.69) is 5.32 Å². The van der Waals surface area contributed by atoms with Crippen molar-refractivity contribution in [3.63, 3.8) is 0 Å². The Balaban J connectivity index is 1.71. The molecular formula is C21H23ClN2O5S. The third-order valence-corrected chi connectivity index (χ3v) is 7.53. The van der Waals surface area contributed by atoms with Crippen molar-refractivity contribution >= 4 is 44.6 Å². The maximum atomic E-state index is 13.0. The van der Waals surface area contributed by atoms with E-state index in [4.69, 9.17) is 16.3 Å². The molecule has 2 aromatic rings. The lowest BCUT2D eigenvalue weighted by Gasteiger charge is -2.16. The second-order valence-corrected chi connectivity index (χ2v) is 9.94. The highest BCUT2D eigenvalue weighted by Gasteiger charge is 2.29. The van der Waals surface area contributed by atoms with Crippen LogP contribution in [-0.4, -0.2) is 39.1 Å². The SMILES string of the molecule is COc1ccc(NC(=O)CC(C)S(=O)(=O)c2ccc3c(c2)CCN3C(C)=O)cc1Cl. The van der Waals surface area contributed by atoms with Crippen LogP contribution in [0.4, 0.5) is 11.4 Å². The molecule has 1 aliphatic heterocycles. The molecule has 9 heteroatoms.